The Labute approximate surface area is 107 Å². The van der Waals surface area contributed by atoms with E-state index in [1.165, 1.54) is 12.0 Å². The summed E-state index contributed by atoms with van der Waals surface area (Å²) < 4.78 is 10.7. The smallest absolute Gasteiger partial charge is 0.231 e. The topological polar surface area (TPSA) is 56.5 Å². The molecule has 1 aliphatic heterocycles. The molecule has 2 aliphatic rings. The van der Waals surface area contributed by atoms with Gasteiger partial charge < -0.3 is 20.5 Å². The number of fused-ring (bicyclic) bond motifs is 1. The first-order valence-corrected chi connectivity index (χ1v) is 6.63. The van der Waals surface area contributed by atoms with Crippen molar-refractivity contribution in [2.75, 3.05) is 6.79 Å². The Morgan fingerprint density at radius 1 is 1.28 bits per heavy atom. The number of hydrogen-bond acceptors (Lipinski definition) is 4. The Bertz CT molecular complexity index is 436. The van der Waals surface area contributed by atoms with Crippen LogP contribution in [0.3, 0.4) is 0 Å². The molecule has 4 nitrogen and oxygen atoms in total. The lowest BCUT2D eigenvalue weighted by atomic mass is 10.1. The number of nitrogens with two attached hydrogens (primary N) is 1. The Hall–Kier alpha value is -1.26. The third kappa shape index (κ3) is 2.31. The zero-order chi connectivity index (χ0) is 12.5. The first-order chi connectivity index (χ1) is 8.72. The second-order valence-corrected chi connectivity index (χ2v) is 5.27. The minimum Gasteiger partial charge on any atom is -0.454 e. The van der Waals surface area contributed by atoms with E-state index < -0.39 is 0 Å². The molecule has 1 aromatic rings. The minimum atomic E-state index is 0.315. The van der Waals surface area contributed by atoms with Crippen LogP contribution in [0.1, 0.15) is 37.8 Å². The molecule has 0 saturated heterocycles. The van der Waals surface area contributed by atoms with Gasteiger partial charge in [0.05, 0.1) is 0 Å². The lowest BCUT2D eigenvalue weighted by Crippen LogP contribution is -2.30. The van der Waals surface area contributed by atoms with Crippen molar-refractivity contribution in [3.05, 3.63) is 23.8 Å². The molecular formula is C14H20N2O2. The molecule has 0 aromatic heterocycles. The summed E-state index contributed by atoms with van der Waals surface area (Å²) in [6.45, 7) is 2.51. The summed E-state index contributed by atoms with van der Waals surface area (Å²) in [4.78, 5) is 0. The molecule has 0 amide bonds. The molecular weight excluding hydrogens is 228 g/mol. The average Bonchev–Trinajstić information content (AvgIpc) is 2.96. The van der Waals surface area contributed by atoms with Gasteiger partial charge in [-0.25, -0.2) is 0 Å². The fourth-order valence-electron chi connectivity index (χ4n) is 2.80. The number of hydrogen-bond donors (Lipinski definition) is 2. The van der Waals surface area contributed by atoms with Gasteiger partial charge >= 0.3 is 0 Å². The zero-order valence-corrected chi connectivity index (χ0v) is 10.7. The maximum atomic E-state index is 5.94. The van der Waals surface area contributed by atoms with Gasteiger partial charge in [0.25, 0.3) is 0 Å². The van der Waals surface area contributed by atoms with Crippen molar-refractivity contribution in [1.29, 1.82) is 0 Å². The van der Waals surface area contributed by atoms with Gasteiger partial charge in [-0.05, 0) is 43.9 Å². The fourth-order valence-corrected chi connectivity index (χ4v) is 2.80. The third-order valence-corrected chi connectivity index (χ3v) is 3.86. The monoisotopic (exact) mass is 248 g/mol. The fraction of sp³-hybridized carbons (Fsp3) is 0.571. The van der Waals surface area contributed by atoms with Crippen molar-refractivity contribution in [2.24, 2.45) is 5.73 Å². The van der Waals surface area contributed by atoms with Crippen LogP contribution in [0.15, 0.2) is 18.2 Å². The molecule has 1 aromatic carbocycles. The highest BCUT2D eigenvalue weighted by molar-refractivity contribution is 5.45. The van der Waals surface area contributed by atoms with Crippen molar-refractivity contribution in [2.45, 2.75) is 44.3 Å². The van der Waals surface area contributed by atoms with E-state index in [4.69, 9.17) is 15.2 Å². The van der Waals surface area contributed by atoms with Crippen molar-refractivity contribution < 1.29 is 9.47 Å². The van der Waals surface area contributed by atoms with Crippen LogP contribution in [0.4, 0.5) is 0 Å². The van der Waals surface area contributed by atoms with Crippen LogP contribution in [0.25, 0.3) is 0 Å². The van der Waals surface area contributed by atoms with Crippen LogP contribution in [0, 0.1) is 0 Å². The number of rotatable bonds is 3. The van der Waals surface area contributed by atoms with E-state index in [0.29, 0.717) is 24.9 Å². The van der Waals surface area contributed by atoms with Gasteiger partial charge in [0, 0.05) is 18.1 Å². The van der Waals surface area contributed by atoms with Crippen LogP contribution in [-0.2, 0) is 0 Å². The van der Waals surface area contributed by atoms with E-state index in [2.05, 4.69) is 24.4 Å². The maximum Gasteiger partial charge on any atom is 0.231 e. The van der Waals surface area contributed by atoms with Gasteiger partial charge in [-0.1, -0.05) is 6.07 Å². The van der Waals surface area contributed by atoms with Crippen LogP contribution in [0.2, 0.25) is 0 Å². The summed E-state index contributed by atoms with van der Waals surface area (Å²) in [6, 6.07) is 7.37. The lowest BCUT2D eigenvalue weighted by Gasteiger charge is -2.20. The van der Waals surface area contributed by atoms with Crippen molar-refractivity contribution in [3.63, 3.8) is 0 Å². The predicted molar refractivity (Wildman–Crippen MR) is 69.7 cm³/mol. The van der Waals surface area contributed by atoms with E-state index >= 15 is 0 Å². The number of ether oxygens (including phenoxy) is 2. The van der Waals surface area contributed by atoms with Crippen molar-refractivity contribution in [1.82, 2.24) is 5.32 Å². The predicted octanol–water partition coefficient (Wildman–Crippen LogP) is 1.95. The normalized spacial score (nSPS) is 27.4. The molecule has 0 spiro atoms. The molecule has 18 heavy (non-hydrogen) atoms. The molecule has 3 atom stereocenters. The lowest BCUT2D eigenvalue weighted by molar-refractivity contribution is 0.174. The highest BCUT2D eigenvalue weighted by Gasteiger charge is 2.23. The third-order valence-electron chi connectivity index (χ3n) is 3.86. The zero-order valence-electron chi connectivity index (χ0n) is 10.7. The molecule has 98 valence electrons. The molecule has 1 fully saturated rings. The minimum absolute atomic E-state index is 0.315. The van der Waals surface area contributed by atoms with Gasteiger partial charge in [0.15, 0.2) is 11.5 Å². The van der Waals surface area contributed by atoms with Crippen molar-refractivity contribution >= 4 is 0 Å². The molecule has 3 unspecified atom stereocenters. The second-order valence-electron chi connectivity index (χ2n) is 5.27. The van der Waals surface area contributed by atoms with E-state index in [-0.39, 0.29) is 0 Å². The average molecular weight is 248 g/mol. The van der Waals surface area contributed by atoms with E-state index in [0.717, 1.165) is 24.3 Å². The van der Waals surface area contributed by atoms with Crippen LogP contribution < -0.4 is 20.5 Å². The maximum absolute atomic E-state index is 5.94. The van der Waals surface area contributed by atoms with Gasteiger partial charge in [-0.15, -0.1) is 0 Å². The highest BCUT2D eigenvalue weighted by atomic mass is 16.7. The Kier molecular flexibility index (Phi) is 3.14. The molecule has 0 radical (unpaired) electrons. The SMILES string of the molecule is CC(NC1CCC(N)C1)c1ccc2c(c1)OCO2. The van der Waals surface area contributed by atoms with E-state index in [1.807, 2.05) is 6.07 Å². The summed E-state index contributed by atoms with van der Waals surface area (Å²) in [5.41, 5.74) is 7.17. The molecule has 1 aliphatic carbocycles. The quantitative estimate of drug-likeness (QED) is 0.858. The molecule has 0 bridgehead atoms. The Morgan fingerprint density at radius 3 is 2.89 bits per heavy atom. The van der Waals surface area contributed by atoms with E-state index in [1.54, 1.807) is 0 Å². The van der Waals surface area contributed by atoms with Crippen LogP contribution in [0.5, 0.6) is 11.5 Å². The largest absolute Gasteiger partial charge is 0.454 e. The summed E-state index contributed by atoms with van der Waals surface area (Å²) in [5.74, 6) is 1.69. The second kappa shape index (κ2) is 4.78. The van der Waals surface area contributed by atoms with Gasteiger partial charge in [-0.3, -0.25) is 0 Å². The number of nitrogens with one attached hydrogen (secondary N) is 1. The molecule has 1 saturated carbocycles. The van der Waals surface area contributed by atoms with Crippen LogP contribution in [-0.4, -0.2) is 18.9 Å². The van der Waals surface area contributed by atoms with Gasteiger partial charge in [0.2, 0.25) is 6.79 Å². The summed E-state index contributed by atoms with van der Waals surface area (Å²) in [7, 11) is 0. The van der Waals surface area contributed by atoms with Gasteiger partial charge in [-0.2, -0.15) is 0 Å². The van der Waals surface area contributed by atoms with E-state index in [9.17, 15) is 0 Å². The molecule has 3 N–H and O–H groups in total. The van der Waals surface area contributed by atoms with Crippen LogP contribution >= 0.6 is 0 Å². The standard InChI is InChI=1S/C14H20N2O2/c1-9(16-12-4-3-11(15)7-12)10-2-5-13-14(6-10)18-8-17-13/h2,5-6,9,11-12,16H,3-4,7-8,15H2,1H3. The van der Waals surface area contributed by atoms with Crippen molar-refractivity contribution in [3.8, 4) is 11.5 Å². The first kappa shape index (κ1) is 11.8. The number of benzene rings is 1. The van der Waals surface area contributed by atoms with Gasteiger partial charge in [0.1, 0.15) is 0 Å². The Balaban J connectivity index is 1.67. The first-order valence-electron chi connectivity index (χ1n) is 6.63. The Morgan fingerprint density at radius 2 is 2.11 bits per heavy atom. The summed E-state index contributed by atoms with van der Waals surface area (Å²) in [5, 5.41) is 3.64. The highest BCUT2D eigenvalue weighted by Crippen LogP contribution is 2.34. The molecule has 1 heterocycles. The summed E-state index contributed by atoms with van der Waals surface area (Å²) in [6.07, 6.45) is 3.39. The summed E-state index contributed by atoms with van der Waals surface area (Å²) >= 11 is 0. The molecule has 4 heteroatoms. The molecule has 3 rings (SSSR count).